The first-order valence-electron chi connectivity index (χ1n) is 8.05. The highest BCUT2D eigenvalue weighted by molar-refractivity contribution is 5.78. The molecular weight excluding hydrogens is 290 g/mol. The molecule has 0 unspecified atom stereocenters. The quantitative estimate of drug-likeness (QED) is 0.854. The van der Waals surface area contributed by atoms with Gasteiger partial charge in [0.15, 0.2) is 0 Å². The summed E-state index contributed by atoms with van der Waals surface area (Å²) >= 11 is 0. The highest BCUT2D eigenvalue weighted by Crippen LogP contribution is 2.13. The minimum atomic E-state index is -0.115. The number of benzene rings is 1. The van der Waals surface area contributed by atoms with E-state index in [4.69, 9.17) is 0 Å². The molecule has 23 heavy (non-hydrogen) atoms. The minimum Gasteiger partial charge on any atom is -0.354 e. The summed E-state index contributed by atoms with van der Waals surface area (Å²) in [5, 5.41) is 2.88. The highest BCUT2D eigenvalue weighted by Gasteiger charge is 2.13. The van der Waals surface area contributed by atoms with Crippen molar-refractivity contribution in [1.82, 2.24) is 14.9 Å². The molecule has 5 nitrogen and oxygen atoms in total. The fourth-order valence-corrected chi connectivity index (χ4v) is 2.46. The van der Waals surface area contributed by atoms with Gasteiger partial charge in [0, 0.05) is 30.6 Å². The molecule has 1 N–H and O–H groups in total. The van der Waals surface area contributed by atoms with E-state index in [0.717, 1.165) is 18.4 Å². The maximum Gasteiger partial charge on any atom is 0.253 e. The standard InChI is InChI=1S/C18H23N3O2/c1-3-14(4-2)18(23)19-10-11-21-13-20-16(12-17(21)22)15-8-6-5-7-9-15/h5-9,12-14H,3-4,10-11H2,1-2H3,(H,19,23). The summed E-state index contributed by atoms with van der Waals surface area (Å²) in [7, 11) is 0. The van der Waals surface area contributed by atoms with Crippen molar-refractivity contribution in [3.05, 3.63) is 53.1 Å². The minimum absolute atomic E-state index is 0.0466. The van der Waals surface area contributed by atoms with Gasteiger partial charge in [-0.1, -0.05) is 44.2 Å². The van der Waals surface area contributed by atoms with Crippen molar-refractivity contribution in [3.8, 4) is 11.3 Å². The van der Waals surface area contributed by atoms with E-state index < -0.39 is 0 Å². The predicted molar refractivity (Wildman–Crippen MR) is 91.0 cm³/mol. The Balaban J connectivity index is 1.97. The van der Waals surface area contributed by atoms with Crippen LogP contribution in [-0.2, 0) is 11.3 Å². The monoisotopic (exact) mass is 313 g/mol. The van der Waals surface area contributed by atoms with Crippen LogP contribution in [0.25, 0.3) is 11.3 Å². The summed E-state index contributed by atoms with van der Waals surface area (Å²) in [5.74, 6) is 0.0993. The number of aromatic nitrogens is 2. The SMILES string of the molecule is CCC(CC)C(=O)NCCn1cnc(-c2ccccc2)cc1=O. The van der Waals surface area contributed by atoms with Crippen LogP contribution in [0.15, 0.2) is 47.5 Å². The second-order valence-corrected chi connectivity index (χ2v) is 5.48. The van der Waals surface area contributed by atoms with E-state index in [1.54, 1.807) is 0 Å². The molecule has 122 valence electrons. The second kappa shape index (κ2) is 8.27. The Hall–Kier alpha value is -2.43. The largest absolute Gasteiger partial charge is 0.354 e. The molecule has 0 saturated heterocycles. The van der Waals surface area contributed by atoms with Gasteiger partial charge in [-0.3, -0.25) is 14.2 Å². The summed E-state index contributed by atoms with van der Waals surface area (Å²) in [6.07, 6.45) is 3.19. The summed E-state index contributed by atoms with van der Waals surface area (Å²) in [4.78, 5) is 28.4. The molecule has 2 aromatic rings. The average molecular weight is 313 g/mol. The Morgan fingerprint density at radius 2 is 1.91 bits per heavy atom. The molecule has 1 heterocycles. The molecule has 0 saturated carbocycles. The average Bonchev–Trinajstić information content (AvgIpc) is 2.58. The number of nitrogens with zero attached hydrogens (tertiary/aromatic N) is 2. The lowest BCUT2D eigenvalue weighted by Crippen LogP contribution is -2.34. The molecule has 0 spiro atoms. The van der Waals surface area contributed by atoms with E-state index in [2.05, 4.69) is 10.3 Å². The van der Waals surface area contributed by atoms with Crippen LogP contribution in [0.5, 0.6) is 0 Å². The van der Waals surface area contributed by atoms with Gasteiger partial charge in [-0.15, -0.1) is 0 Å². The molecule has 1 aromatic heterocycles. The summed E-state index contributed by atoms with van der Waals surface area (Å²) in [6.45, 7) is 4.86. The lowest BCUT2D eigenvalue weighted by atomic mass is 10.0. The Labute approximate surface area is 136 Å². The third-order valence-electron chi connectivity index (χ3n) is 3.96. The molecule has 0 bridgehead atoms. The summed E-state index contributed by atoms with van der Waals surface area (Å²) < 4.78 is 1.51. The molecule has 0 radical (unpaired) electrons. The highest BCUT2D eigenvalue weighted by atomic mass is 16.2. The van der Waals surface area contributed by atoms with Gasteiger partial charge in [-0.25, -0.2) is 4.98 Å². The van der Waals surface area contributed by atoms with Gasteiger partial charge in [-0.2, -0.15) is 0 Å². The van der Waals surface area contributed by atoms with Crippen molar-refractivity contribution in [1.29, 1.82) is 0 Å². The van der Waals surface area contributed by atoms with Gasteiger partial charge >= 0.3 is 0 Å². The lowest BCUT2D eigenvalue weighted by molar-refractivity contribution is -0.125. The van der Waals surface area contributed by atoms with Crippen molar-refractivity contribution >= 4 is 5.91 Å². The van der Waals surface area contributed by atoms with E-state index >= 15 is 0 Å². The van der Waals surface area contributed by atoms with Crippen LogP contribution in [-0.4, -0.2) is 22.0 Å². The molecule has 1 amide bonds. The third kappa shape index (κ3) is 4.52. The van der Waals surface area contributed by atoms with Crippen LogP contribution in [0.1, 0.15) is 26.7 Å². The number of rotatable bonds is 7. The first-order valence-corrected chi connectivity index (χ1v) is 8.05. The molecule has 2 rings (SSSR count). The van der Waals surface area contributed by atoms with Crippen LogP contribution in [0.4, 0.5) is 0 Å². The Kier molecular flexibility index (Phi) is 6.09. The molecule has 0 aliphatic rings. The maximum absolute atomic E-state index is 12.1. The number of nitrogens with one attached hydrogen (secondary N) is 1. The normalized spacial score (nSPS) is 10.7. The third-order valence-corrected chi connectivity index (χ3v) is 3.96. The molecule has 5 heteroatoms. The second-order valence-electron chi connectivity index (χ2n) is 5.48. The predicted octanol–water partition coefficient (Wildman–Crippen LogP) is 2.46. The first kappa shape index (κ1) is 16.9. The molecule has 1 aromatic carbocycles. The van der Waals surface area contributed by atoms with Crippen LogP contribution in [0.3, 0.4) is 0 Å². The zero-order valence-electron chi connectivity index (χ0n) is 13.7. The first-order chi connectivity index (χ1) is 11.2. The fourth-order valence-electron chi connectivity index (χ4n) is 2.46. The van der Waals surface area contributed by atoms with Crippen molar-refractivity contribution < 1.29 is 4.79 Å². The Bertz CT molecular complexity index is 691. The van der Waals surface area contributed by atoms with Crippen LogP contribution in [0, 0.1) is 5.92 Å². The Morgan fingerprint density at radius 3 is 2.52 bits per heavy atom. The van der Waals surface area contributed by atoms with Crippen molar-refractivity contribution in [2.45, 2.75) is 33.2 Å². The molecule has 0 aliphatic carbocycles. The van der Waals surface area contributed by atoms with Crippen molar-refractivity contribution in [2.24, 2.45) is 5.92 Å². The van der Waals surface area contributed by atoms with Crippen LogP contribution in [0.2, 0.25) is 0 Å². The van der Waals surface area contributed by atoms with Gasteiger partial charge < -0.3 is 5.32 Å². The van der Waals surface area contributed by atoms with Gasteiger partial charge in [0.1, 0.15) is 0 Å². The van der Waals surface area contributed by atoms with Crippen LogP contribution >= 0.6 is 0 Å². The van der Waals surface area contributed by atoms with Gasteiger partial charge in [0.05, 0.1) is 12.0 Å². The number of hydrogen-bond donors (Lipinski definition) is 1. The number of carbonyl (C=O) groups is 1. The van der Waals surface area contributed by atoms with Crippen molar-refractivity contribution in [3.63, 3.8) is 0 Å². The van der Waals surface area contributed by atoms with Gasteiger partial charge in [-0.05, 0) is 12.8 Å². The van der Waals surface area contributed by atoms with Crippen LogP contribution < -0.4 is 10.9 Å². The van der Waals surface area contributed by atoms with E-state index in [0.29, 0.717) is 18.8 Å². The molecule has 0 fully saturated rings. The fraction of sp³-hybridized carbons (Fsp3) is 0.389. The van der Waals surface area contributed by atoms with E-state index in [-0.39, 0.29) is 17.4 Å². The topological polar surface area (TPSA) is 64.0 Å². The van der Waals surface area contributed by atoms with Gasteiger partial charge in [0.2, 0.25) is 5.91 Å². The lowest BCUT2D eigenvalue weighted by Gasteiger charge is -2.13. The number of carbonyl (C=O) groups excluding carboxylic acids is 1. The number of amides is 1. The molecule has 0 atom stereocenters. The molecular formula is C18H23N3O2. The van der Waals surface area contributed by atoms with E-state index in [9.17, 15) is 9.59 Å². The Morgan fingerprint density at radius 1 is 1.22 bits per heavy atom. The summed E-state index contributed by atoms with van der Waals surface area (Å²) in [6, 6.07) is 11.1. The van der Waals surface area contributed by atoms with E-state index in [1.807, 2.05) is 44.2 Å². The number of hydrogen-bond acceptors (Lipinski definition) is 3. The maximum atomic E-state index is 12.1. The van der Waals surface area contributed by atoms with Gasteiger partial charge in [0.25, 0.3) is 5.56 Å². The zero-order valence-corrected chi connectivity index (χ0v) is 13.7. The van der Waals surface area contributed by atoms with E-state index in [1.165, 1.54) is 17.0 Å². The smallest absolute Gasteiger partial charge is 0.253 e. The molecule has 0 aliphatic heterocycles. The zero-order chi connectivity index (χ0) is 16.7. The van der Waals surface area contributed by atoms with Crippen molar-refractivity contribution in [2.75, 3.05) is 6.54 Å². The summed E-state index contributed by atoms with van der Waals surface area (Å²) in [5.41, 5.74) is 1.46.